The molecule has 0 atom stereocenters. The molecule has 0 fully saturated rings. The smallest absolute Gasteiger partial charge is 0.209 e. The van der Waals surface area contributed by atoms with Crippen LogP contribution in [0.15, 0.2) is 45.7 Å². The highest BCUT2D eigenvalue weighted by Gasteiger charge is 2.14. The molecule has 0 aliphatic heterocycles. The van der Waals surface area contributed by atoms with Crippen LogP contribution in [0.4, 0.5) is 0 Å². The van der Waals surface area contributed by atoms with Gasteiger partial charge in [-0.1, -0.05) is 0 Å². The monoisotopic (exact) mass is 312 g/mol. The van der Waals surface area contributed by atoms with Crippen molar-refractivity contribution in [3.8, 4) is 17.1 Å². The van der Waals surface area contributed by atoms with Crippen molar-refractivity contribution in [2.24, 2.45) is 0 Å². The Morgan fingerprint density at radius 2 is 1.91 bits per heavy atom. The highest BCUT2D eigenvalue weighted by molar-refractivity contribution is 5.84. The van der Waals surface area contributed by atoms with E-state index >= 15 is 0 Å². The summed E-state index contributed by atoms with van der Waals surface area (Å²) in [6.45, 7) is 3.41. The van der Waals surface area contributed by atoms with E-state index in [2.05, 4.69) is 9.88 Å². The second kappa shape index (κ2) is 6.30. The molecule has 2 aromatic heterocycles. The number of hydrogen-bond acceptors (Lipinski definition) is 4. The van der Waals surface area contributed by atoms with E-state index in [9.17, 15) is 4.79 Å². The Morgan fingerprint density at radius 3 is 2.57 bits per heavy atom. The lowest BCUT2D eigenvalue weighted by Crippen LogP contribution is -2.19. The fourth-order valence-electron chi connectivity index (χ4n) is 2.51. The van der Waals surface area contributed by atoms with Crippen molar-refractivity contribution in [2.75, 3.05) is 27.2 Å². The molecule has 1 aromatic carbocycles. The standard InChI is InChI=1S/C18H20N2O3/c1-12-16-15(21)8-9-19-18(16)23-17(12)13-4-6-14(7-5-13)22-11-10-20(2)3/h4-9H,10-11H2,1-3H3,(H,19,21). The van der Waals surface area contributed by atoms with Gasteiger partial charge in [-0.05, 0) is 45.3 Å². The second-order valence-corrected chi connectivity index (χ2v) is 5.78. The number of pyridine rings is 1. The van der Waals surface area contributed by atoms with Crippen LogP contribution in [0.3, 0.4) is 0 Å². The molecule has 0 spiro atoms. The summed E-state index contributed by atoms with van der Waals surface area (Å²) in [6.07, 6.45) is 1.60. The molecule has 23 heavy (non-hydrogen) atoms. The van der Waals surface area contributed by atoms with Crippen LogP contribution in [0, 0.1) is 6.92 Å². The Kier molecular flexibility index (Phi) is 4.21. The minimum Gasteiger partial charge on any atom is -0.492 e. The Balaban J connectivity index is 1.86. The quantitative estimate of drug-likeness (QED) is 0.787. The number of H-pyrrole nitrogens is 1. The van der Waals surface area contributed by atoms with Gasteiger partial charge in [0.25, 0.3) is 0 Å². The zero-order chi connectivity index (χ0) is 16.4. The fourth-order valence-corrected chi connectivity index (χ4v) is 2.51. The summed E-state index contributed by atoms with van der Waals surface area (Å²) in [5, 5.41) is 0.605. The van der Waals surface area contributed by atoms with Crippen molar-refractivity contribution in [1.82, 2.24) is 9.88 Å². The van der Waals surface area contributed by atoms with Crippen molar-refractivity contribution in [3.63, 3.8) is 0 Å². The van der Waals surface area contributed by atoms with Crippen LogP contribution in [-0.2, 0) is 0 Å². The van der Waals surface area contributed by atoms with Gasteiger partial charge in [0.05, 0.1) is 5.39 Å². The van der Waals surface area contributed by atoms with Gasteiger partial charge in [-0.25, -0.2) is 0 Å². The number of ether oxygens (including phenoxy) is 1. The molecule has 3 aromatic rings. The lowest BCUT2D eigenvalue weighted by molar-refractivity contribution is 0.261. The Morgan fingerprint density at radius 1 is 1.17 bits per heavy atom. The van der Waals surface area contributed by atoms with Crippen molar-refractivity contribution in [3.05, 3.63) is 52.3 Å². The molecule has 0 saturated carbocycles. The van der Waals surface area contributed by atoms with Gasteiger partial charge in [0.15, 0.2) is 5.43 Å². The number of aryl methyl sites for hydroxylation is 1. The Labute approximate surface area is 134 Å². The van der Waals surface area contributed by atoms with Crippen molar-refractivity contribution in [2.45, 2.75) is 6.92 Å². The molecular formula is C18H20N2O3. The van der Waals surface area contributed by atoms with E-state index in [0.29, 0.717) is 23.5 Å². The lowest BCUT2D eigenvalue weighted by Gasteiger charge is -2.11. The highest BCUT2D eigenvalue weighted by Crippen LogP contribution is 2.31. The molecule has 0 bridgehead atoms. The molecule has 3 rings (SSSR count). The van der Waals surface area contributed by atoms with E-state index in [0.717, 1.165) is 23.4 Å². The normalized spacial score (nSPS) is 11.3. The van der Waals surface area contributed by atoms with Crippen LogP contribution in [0.2, 0.25) is 0 Å². The number of hydrogen-bond donors (Lipinski definition) is 1. The maximum atomic E-state index is 12.0. The highest BCUT2D eigenvalue weighted by atomic mass is 16.5. The second-order valence-electron chi connectivity index (χ2n) is 5.78. The first-order valence-corrected chi connectivity index (χ1v) is 7.55. The minimum atomic E-state index is -0.0325. The van der Waals surface area contributed by atoms with Crippen LogP contribution in [-0.4, -0.2) is 37.1 Å². The van der Waals surface area contributed by atoms with E-state index < -0.39 is 0 Å². The minimum absolute atomic E-state index is 0.0325. The van der Waals surface area contributed by atoms with Crippen molar-refractivity contribution >= 4 is 11.1 Å². The largest absolute Gasteiger partial charge is 0.492 e. The van der Waals surface area contributed by atoms with Gasteiger partial charge < -0.3 is 19.0 Å². The number of likely N-dealkylation sites (N-methyl/N-ethyl adjacent to an activating group) is 1. The molecule has 0 radical (unpaired) electrons. The van der Waals surface area contributed by atoms with E-state index in [-0.39, 0.29) is 5.43 Å². The van der Waals surface area contributed by atoms with Crippen LogP contribution in [0.25, 0.3) is 22.4 Å². The van der Waals surface area contributed by atoms with Gasteiger partial charge in [0.2, 0.25) is 5.71 Å². The SMILES string of the molecule is Cc1c(-c2ccc(OCCN(C)C)cc2)oc2[nH]ccc(=O)c12. The number of nitrogens with zero attached hydrogens (tertiary/aromatic N) is 1. The molecule has 120 valence electrons. The first-order chi connectivity index (χ1) is 11.1. The summed E-state index contributed by atoms with van der Waals surface area (Å²) < 4.78 is 11.5. The third kappa shape index (κ3) is 3.14. The van der Waals surface area contributed by atoms with Crippen LogP contribution >= 0.6 is 0 Å². The first kappa shape index (κ1) is 15.4. The number of aromatic nitrogens is 1. The zero-order valence-corrected chi connectivity index (χ0v) is 13.6. The summed E-state index contributed by atoms with van der Waals surface area (Å²) in [6, 6.07) is 9.23. The van der Waals surface area contributed by atoms with Gasteiger partial charge in [0.1, 0.15) is 18.1 Å². The topological polar surface area (TPSA) is 58.5 Å². The molecule has 0 unspecified atom stereocenters. The molecule has 0 aliphatic carbocycles. The number of nitrogens with one attached hydrogen (secondary N) is 1. The summed E-state index contributed by atoms with van der Waals surface area (Å²) in [5.74, 6) is 1.53. The Bertz CT molecular complexity index is 860. The molecule has 0 aliphatic rings. The number of furan rings is 1. The number of rotatable bonds is 5. The van der Waals surface area contributed by atoms with Crippen LogP contribution in [0.1, 0.15) is 5.56 Å². The van der Waals surface area contributed by atoms with Gasteiger partial charge in [-0.3, -0.25) is 4.79 Å². The van der Waals surface area contributed by atoms with Gasteiger partial charge in [-0.15, -0.1) is 0 Å². The zero-order valence-electron chi connectivity index (χ0n) is 13.6. The van der Waals surface area contributed by atoms with E-state index in [1.807, 2.05) is 45.3 Å². The van der Waals surface area contributed by atoms with Gasteiger partial charge in [-0.2, -0.15) is 0 Å². The predicted octanol–water partition coefficient (Wildman–Crippen LogP) is 3.04. The molecule has 2 heterocycles. The molecular weight excluding hydrogens is 292 g/mol. The van der Waals surface area contributed by atoms with Crippen LogP contribution in [0.5, 0.6) is 5.75 Å². The fraction of sp³-hybridized carbons (Fsp3) is 0.278. The maximum absolute atomic E-state index is 12.0. The summed E-state index contributed by atoms with van der Waals surface area (Å²) in [4.78, 5) is 17.0. The van der Waals surface area contributed by atoms with Crippen molar-refractivity contribution < 1.29 is 9.15 Å². The molecule has 5 heteroatoms. The van der Waals surface area contributed by atoms with Crippen molar-refractivity contribution in [1.29, 1.82) is 0 Å². The van der Waals surface area contributed by atoms with Crippen LogP contribution < -0.4 is 10.2 Å². The summed E-state index contributed by atoms with van der Waals surface area (Å²) >= 11 is 0. The van der Waals surface area contributed by atoms with Gasteiger partial charge >= 0.3 is 0 Å². The number of fused-ring (bicyclic) bond motifs is 1. The molecule has 1 N–H and O–H groups in total. The van der Waals surface area contributed by atoms with E-state index in [1.165, 1.54) is 6.07 Å². The lowest BCUT2D eigenvalue weighted by atomic mass is 10.1. The predicted molar refractivity (Wildman–Crippen MR) is 91.1 cm³/mol. The summed E-state index contributed by atoms with van der Waals surface area (Å²) in [7, 11) is 4.02. The average Bonchev–Trinajstić information content (AvgIpc) is 2.86. The third-order valence-corrected chi connectivity index (χ3v) is 3.77. The number of aromatic amines is 1. The number of benzene rings is 1. The first-order valence-electron chi connectivity index (χ1n) is 7.55. The average molecular weight is 312 g/mol. The molecule has 5 nitrogen and oxygen atoms in total. The maximum Gasteiger partial charge on any atom is 0.209 e. The molecule has 0 amide bonds. The third-order valence-electron chi connectivity index (χ3n) is 3.77. The molecule has 0 saturated heterocycles. The van der Waals surface area contributed by atoms with E-state index in [1.54, 1.807) is 6.20 Å². The van der Waals surface area contributed by atoms with Gasteiger partial charge in [0, 0.05) is 29.9 Å². The summed E-state index contributed by atoms with van der Waals surface area (Å²) in [5.41, 5.74) is 2.25. The Hall–Kier alpha value is -2.53. The van der Waals surface area contributed by atoms with E-state index in [4.69, 9.17) is 9.15 Å².